The molecule has 1 atom stereocenters. The number of anilines is 1. The molecule has 0 radical (unpaired) electrons. The molecule has 0 aliphatic heterocycles. The number of carbonyl (C=O) groups is 2. The van der Waals surface area contributed by atoms with Crippen LogP contribution in [0.1, 0.15) is 41.7 Å². The maximum Gasteiger partial charge on any atom is 0.264 e. The number of halogens is 2. The molecule has 4 aromatic carbocycles. The van der Waals surface area contributed by atoms with Crippen LogP contribution in [-0.2, 0) is 32.6 Å². The predicted molar refractivity (Wildman–Crippen MR) is 190 cm³/mol. The molecule has 0 aromatic heterocycles. The van der Waals surface area contributed by atoms with Gasteiger partial charge < -0.3 is 10.2 Å². The number of benzene rings is 4. The highest BCUT2D eigenvalue weighted by Crippen LogP contribution is 2.30. The van der Waals surface area contributed by atoms with Crippen LogP contribution < -0.4 is 9.62 Å². The highest BCUT2D eigenvalue weighted by atomic mass is 35.5. The normalized spacial score (nSPS) is 12.1. The van der Waals surface area contributed by atoms with Crippen LogP contribution in [0.15, 0.2) is 95.9 Å². The minimum Gasteiger partial charge on any atom is -0.354 e. The molecule has 0 bridgehead atoms. The van der Waals surface area contributed by atoms with Crippen molar-refractivity contribution in [1.29, 1.82) is 0 Å². The molecular weight excluding hydrogens is 653 g/mol. The maximum absolute atomic E-state index is 14.7. The van der Waals surface area contributed by atoms with Gasteiger partial charge >= 0.3 is 0 Å². The quantitative estimate of drug-likeness (QED) is 0.157. The summed E-state index contributed by atoms with van der Waals surface area (Å²) in [5, 5.41) is 3.64. The Hall–Kier alpha value is -3.85. The molecule has 0 saturated heterocycles. The number of carbonyl (C=O) groups excluding carboxylic acids is 2. The first-order chi connectivity index (χ1) is 22.3. The number of aryl methyl sites for hydroxylation is 3. The minimum atomic E-state index is -4.22. The van der Waals surface area contributed by atoms with Gasteiger partial charge in [0.15, 0.2) is 0 Å². The lowest BCUT2D eigenvalue weighted by molar-refractivity contribution is -0.140. The van der Waals surface area contributed by atoms with E-state index >= 15 is 0 Å². The first-order valence-corrected chi connectivity index (χ1v) is 17.7. The Kier molecular flexibility index (Phi) is 12.1. The molecule has 0 fully saturated rings. The molecule has 248 valence electrons. The molecule has 7 nitrogen and oxygen atoms in total. The summed E-state index contributed by atoms with van der Waals surface area (Å²) in [7, 11) is -4.22. The summed E-state index contributed by atoms with van der Waals surface area (Å²) in [5.74, 6) is -0.783. The third kappa shape index (κ3) is 9.15. The first kappa shape index (κ1) is 36.0. The molecule has 0 heterocycles. The molecule has 2 amide bonds. The monoisotopic (exact) mass is 693 g/mol. The number of amides is 2. The van der Waals surface area contributed by atoms with E-state index in [4.69, 9.17) is 23.2 Å². The van der Waals surface area contributed by atoms with E-state index in [9.17, 15) is 18.0 Å². The van der Waals surface area contributed by atoms with Gasteiger partial charge in [-0.3, -0.25) is 13.9 Å². The van der Waals surface area contributed by atoms with Crippen LogP contribution in [0.25, 0.3) is 0 Å². The van der Waals surface area contributed by atoms with Gasteiger partial charge in [0.2, 0.25) is 11.8 Å². The Morgan fingerprint density at radius 2 is 1.43 bits per heavy atom. The topological polar surface area (TPSA) is 86.8 Å². The highest BCUT2D eigenvalue weighted by molar-refractivity contribution is 7.92. The molecule has 0 aliphatic rings. The van der Waals surface area contributed by atoms with E-state index < -0.39 is 28.5 Å². The van der Waals surface area contributed by atoms with Gasteiger partial charge in [-0.2, -0.15) is 0 Å². The van der Waals surface area contributed by atoms with Crippen molar-refractivity contribution in [1.82, 2.24) is 10.2 Å². The molecule has 4 aromatic rings. The van der Waals surface area contributed by atoms with Crippen LogP contribution in [0, 0.1) is 26.7 Å². The minimum absolute atomic E-state index is 0.0482. The molecule has 10 heteroatoms. The lowest BCUT2D eigenvalue weighted by atomic mass is 10.0. The largest absolute Gasteiger partial charge is 0.354 e. The second-order valence-corrected chi connectivity index (χ2v) is 14.9. The first-order valence-electron chi connectivity index (χ1n) is 15.5. The van der Waals surface area contributed by atoms with Crippen molar-refractivity contribution >= 4 is 50.7 Å². The van der Waals surface area contributed by atoms with Gasteiger partial charge in [0.1, 0.15) is 12.6 Å². The lowest BCUT2D eigenvalue weighted by Gasteiger charge is -2.34. The second-order valence-electron chi connectivity index (χ2n) is 12.2. The lowest BCUT2D eigenvalue weighted by Crippen LogP contribution is -2.54. The molecule has 0 aliphatic carbocycles. The molecule has 0 unspecified atom stereocenters. The maximum atomic E-state index is 14.7. The van der Waals surface area contributed by atoms with E-state index in [2.05, 4.69) is 5.32 Å². The number of sulfonamides is 1. The molecular formula is C37H41Cl2N3O4S. The fraction of sp³-hybridized carbons (Fsp3) is 0.297. The van der Waals surface area contributed by atoms with Gasteiger partial charge in [-0.25, -0.2) is 8.42 Å². The average Bonchev–Trinajstić information content (AvgIpc) is 3.02. The summed E-state index contributed by atoms with van der Waals surface area (Å²) in [5.41, 5.74) is 4.19. The van der Waals surface area contributed by atoms with Gasteiger partial charge in [-0.05, 0) is 68.1 Å². The SMILES string of the molecule is Cc1ccc(S(=O)(=O)N(CC(=O)N(Cc2c(Cl)cccc2Cl)[C@H](Cc2ccccc2)C(=O)NCC(C)C)c2ccc(C)cc2C)cc1. The summed E-state index contributed by atoms with van der Waals surface area (Å²) in [6.07, 6.45) is 0.187. The van der Waals surface area contributed by atoms with Crippen molar-refractivity contribution in [3.63, 3.8) is 0 Å². The average molecular weight is 695 g/mol. The summed E-state index contributed by atoms with van der Waals surface area (Å²) >= 11 is 13.2. The Labute approximate surface area is 288 Å². The molecule has 0 spiro atoms. The summed E-state index contributed by atoms with van der Waals surface area (Å²) < 4.78 is 29.8. The van der Waals surface area contributed by atoms with Crippen LogP contribution in [0.4, 0.5) is 5.69 Å². The van der Waals surface area contributed by atoms with Gasteiger partial charge in [-0.15, -0.1) is 0 Å². The van der Waals surface area contributed by atoms with Gasteiger partial charge in [0.25, 0.3) is 10.0 Å². The standard InChI is InChI=1S/C37H41Cl2N3O4S/c1-25(2)22-40-37(44)35(21-29-10-7-6-8-11-29)41(23-31-32(38)12-9-13-33(31)39)36(43)24-42(34-19-16-27(4)20-28(34)5)47(45,46)30-17-14-26(3)15-18-30/h6-20,25,35H,21-24H2,1-5H3,(H,40,44)/t35-/m1/s1. The molecule has 4 rings (SSSR count). The Morgan fingerprint density at radius 3 is 2.02 bits per heavy atom. The van der Waals surface area contributed by atoms with Crippen LogP contribution in [-0.4, -0.2) is 44.3 Å². The van der Waals surface area contributed by atoms with Crippen molar-refractivity contribution in [2.24, 2.45) is 5.92 Å². The van der Waals surface area contributed by atoms with Crippen LogP contribution in [0.5, 0.6) is 0 Å². The predicted octanol–water partition coefficient (Wildman–Crippen LogP) is 7.53. The van der Waals surface area contributed by atoms with E-state index in [0.29, 0.717) is 33.4 Å². The number of rotatable bonds is 13. The van der Waals surface area contributed by atoms with E-state index in [-0.39, 0.29) is 29.7 Å². The van der Waals surface area contributed by atoms with E-state index in [1.165, 1.54) is 17.0 Å². The van der Waals surface area contributed by atoms with Crippen molar-refractivity contribution in [2.45, 2.75) is 58.5 Å². The van der Waals surface area contributed by atoms with Crippen molar-refractivity contribution in [3.8, 4) is 0 Å². The third-order valence-electron chi connectivity index (χ3n) is 7.85. The van der Waals surface area contributed by atoms with Gasteiger partial charge in [0.05, 0.1) is 10.6 Å². The molecule has 47 heavy (non-hydrogen) atoms. The zero-order valence-electron chi connectivity index (χ0n) is 27.3. The number of nitrogens with one attached hydrogen (secondary N) is 1. The Balaban J connectivity index is 1.86. The van der Waals surface area contributed by atoms with Crippen molar-refractivity contribution in [2.75, 3.05) is 17.4 Å². The molecule has 0 saturated carbocycles. The zero-order chi connectivity index (χ0) is 34.3. The van der Waals surface area contributed by atoms with E-state index in [1.54, 1.807) is 36.4 Å². The third-order valence-corrected chi connectivity index (χ3v) is 10.3. The van der Waals surface area contributed by atoms with Crippen molar-refractivity contribution in [3.05, 3.63) is 129 Å². The number of nitrogens with zero attached hydrogens (tertiary/aromatic N) is 2. The summed E-state index contributed by atoms with van der Waals surface area (Å²) in [6, 6.07) is 25.3. The number of hydrogen-bond acceptors (Lipinski definition) is 4. The van der Waals surface area contributed by atoms with Crippen molar-refractivity contribution < 1.29 is 18.0 Å². The second kappa shape index (κ2) is 15.8. The van der Waals surface area contributed by atoms with Crippen LogP contribution >= 0.6 is 23.2 Å². The Morgan fingerprint density at radius 1 is 0.809 bits per heavy atom. The highest BCUT2D eigenvalue weighted by Gasteiger charge is 2.35. The van der Waals surface area contributed by atoms with Crippen LogP contribution in [0.3, 0.4) is 0 Å². The van der Waals surface area contributed by atoms with E-state index in [0.717, 1.165) is 21.0 Å². The Bertz CT molecular complexity index is 1790. The summed E-state index contributed by atoms with van der Waals surface area (Å²) in [4.78, 5) is 30.1. The summed E-state index contributed by atoms with van der Waals surface area (Å²) in [6.45, 7) is 9.28. The smallest absolute Gasteiger partial charge is 0.264 e. The van der Waals surface area contributed by atoms with Gasteiger partial charge in [0, 0.05) is 35.1 Å². The number of hydrogen-bond donors (Lipinski definition) is 1. The van der Waals surface area contributed by atoms with Gasteiger partial charge in [-0.1, -0.05) is 109 Å². The zero-order valence-corrected chi connectivity index (χ0v) is 29.7. The van der Waals surface area contributed by atoms with E-state index in [1.807, 2.05) is 77.1 Å². The molecule has 1 N–H and O–H groups in total. The fourth-order valence-corrected chi connectivity index (χ4v) is 7.26. The fourth-order valence-electron chi connectivity index (χ4n) is 5.27. The van der Waals surface area contributed by atoms with Crippen LogP contribution in [0.2, 0.25) is 10.0 Å².